The lowest BCUT2D eigenvalue weighted by Crippen LogP contribution is -2.25. The third-order valence-corrected chi connectivity index (χ3v) is 5.35. The van der Waals surface area contributed by atoms with Crippen molar-refractivity contribution >= 4 is 17.5 Å². The van der Waals surface area contributed by atoms with Crippen molar-refractivity contribution in [2.45, 2.75) is 52.4 Å². The maximum Gasteiger partial charge on any atom is 0.274 e. The fraction of sp³-hybridized carbons (Fsp3) is 0.375. The summed E-state index contributed by atoms with van der Waals surface area (Å²) < 4.78 is 0. The van der Waals surface area contributed by atoms with Crippen molar-refractivity contribution in [2.24, 2.45) is 0 Å². The number of benzene rings is 1. The molecule has 5 heteroatoms. The number of nitrogens with one attached hydrogen (secondary N) is 2. The molecule has 3 rings (SSSR count). The van der Waals surface area contributed by atoms with E-state index in [1.165, 1.54) is 24.6 Å². The van der Waals surface area contributed by atoms with Crippen molar-refractivity contribution in [2.75, 3.05) is 11.9 Å². The molecule has 0 spiro atoms. The summed E-state index contributed by atoms with van der Waals surface area (Å²) in [5.74, 6) is -0.487. The van der Waals surface area contributed by atoms with Crippen LogP contribution < -0.4 is 10.6 Å². The lowest BCUT2D eigenvalue weighted by atomic mass is 9.97. The molecule has 1 aliphatic carbocycles. The third-order valence-electron chi connectivity index (χ3n) is 5.35. The lowest BCUT2D eigenvalue weighted by molar-refractivity contribution is 0.0954. The smallest absolute Gasteiger partial charge is 0.274 e. The Kier molecular flexibility index (Phi) is 7.17. The first-order chi connectivity index (χ1) is 14.1. The largest absolute Gasteiger partial charge is 0.352 e. The molecule has 1 aromatic carbocycles. The number of carbonyl (C=O) groups excluding carboxylic acids is 2. The molecule has 2 aromatic rings. The zero-order valence-corrected chi connectivity index (χ0v) is 17.3. The van der Waals surface area contributed by atoms with E-state index in [-0.39, 0.29) is 17.5 Å². The second-order valence-corrected chi connectivity index (χ2v) is 7.46. The lowest BCUT2D eigenvalue weighted by Gasteiger charge is -2.14. The minimum absolute atomic E-state index is 0.178. The van der Waals surface area contributed by atoms with Gasteiger partial charge in [0.2, 0.25) is 0 Å². The van der Waals surface area contributed by atoms with E-state index in [1.807, 2.05) is 25.1 Å². The van der Waals surface area contributed by atoms with Gasteiger partial charge in [0.05, 0.1) is 0 Å². The van der Waals surface area contributed by atoms with Gasteiger partial charge in [-0.05, 0) is 68.7 Å². The first kappa shape index (κ1) is 20.8. The van der Waals surface area contributed by atoms with E-state index in [4.69, 9.17) is 0 Å². The number of rotatable bonds is 7. The van der Waals surface area contributed by atoms with Crippen LogP contribution in [0.4, 0.5) is 5.69 Å². The van der Waals surface area contributed by atoms with Gasteiger partial charge in [-0.15, -0.1) is 0 Å². The SMILES string of the molecule is CCc1cccc(C)c1NC(=O)c1cc(C(=O)NCCC2=CCCCC2)ccn1. The molecule has 1 heterocycles. The topological polar surface area (TPSA) is 71.1 Å². The minimum Gasteiger partial charge on any atom is -0.352 e. The first-order valence-electron chi connectivity index (χ1n) is 10.4. The molecule has 5 nitrogen and oxygen atoms in total. The number of hydrogen-bond donors (Lipinski definition) is 2. The molecular formula is C24H29N3O2. The number of para-hydroxylation sites is 1. The molecule has 152 valence electrons. The molecule has 0 radical (unpaired) electrons. The summed E-state index contributed by atoms with van der Waals surface area (Å²) in [4.78, 5) is 29.4. The van der Waals surface area contributed by atoms with Crippen molar-refractivity contribution < 1.29 is 9.59 Å². The predicted molar refractivity (Wildman–Crippen MR) is 116 cm³/mol. The number of aryl methyl sites for hydroxylation is 2. The Morgan fingerprint density at radius 1 is 1.14 bits per heavy atom. The molecule has 0 fully saturated rings. The monoisotopic (exact) mass is 391 g/mol. The van der Waals surface area contributed by atoms with Gasteiger partial charge in [-0.25, -0.2) is 0 Å². The molecule has 0 saturated heterocycles. The van der Waals surface area contributed by atoms with E-state index in [2.05, 4.69) is 28.6 Å². The highest BCUT2D eigenvalue weighted by atomic mass is 16.2. The molecular weight excluding hydrogens is 362 g/mol. The van der Waals surface area contributed by atoms with Gasteiger partial charge in [-0.1, -0.05) is 36.8 Å². The predicted octanol–water partition coefficient (Wildman–Crippen LogP) is 4.83. The fourth-order valence-corrected chi connectivity index (χ4v) is 3.65. The Hall–Kier alpha value is -2.95. The van der Waals surface area contributed by atoms with E-state index in [1.54, 1.807) is 12.1 Å². The average molecular weight is 392 g/mol. The van der Waals surface area contributed by atoms with E-state index >= 15 is 0 Å². The van der Waals surface area contributed by atoms with E-state index < -0.39 is 0 Å². The van der Waals surface area contributed by atoms with Crippen LogP contribution in [0.1, 0.15) is 71.0 Å². The molecule has 2 amide bonds. The summed E-state index contributed by atoms with van der Waals surface area (Å²) in [6, 6.07) is 9.14. The number of aromatic nitrogens is 1. The van der Waals surface area contributed by atoms with E-state index in [9.17, 15) is 9.59 Å². The summed E-state index contributed by atoms with van der Waals surface area (Å²) in [5, 5.41) is 5.91. The highest BCUT2D eigenvalue weighted by molar-refractivity contribution is 6.05. The summed E-state index contributed by atoms with van der Waals surface area (Å²) in [5.41, 5.74) is 5.00. The summed E-state index contributed by atoms with van der Waals surface area (Å²) in [7, 11) is 0. The zero-order valence-electron chi connectivity index (χ0n) is 17.3. The standard InChI is InChI=1S/C24H29N3O2/c1-3-19-11-7-8-17(2)22(19)27-24(29)21-16-20(13-15-25-21)23(28)26-14-12-18-9-5-4-6-10-18/h7-9,11,13,15-16H,3-6,10,12,14H2,1-2H3,(H,26,28)(H,27,29). The van der Waals surface area contributed by atoms with Gasteiger partial charge in [-0.2, -0.15) is 0 Å². The first-order valence-corrected chi connectivity index (χ1v) is 10.4. The zero-order chi connectivity index (χ0) is 20.6. The van der Waals surface area contributed by atoms with Gasteiger partial charge in [0.25, 0.3) is 11.8 Å². The van der Waals surface area contributed by atoms with Crippen LogP contribution in [0.15, 0.2) is 48.2 Å². The summed E-state index contributed by atoms with van der Waals surface area (Å²) in [6.07, 6.45) is 10.3. The Labute approximate surface area is 172 Å². The molecule has 0 bridgehead atoms. The molecule has 1 aromatic heterocycles. The number of pyridine rings is 1. The van der Waals surface area contributed by atoms with Gasteiger partial charge in [0.15, 0.2) is 0 Å². The van der Waals surface area contributed by atoms with Gasteiger partial charge in [0.1, 0.15) is 5.69 Å². The van der Waals surface area contributed by atoms with Crippen LogP contribution in [0.25, 0.3) is 0 Å². The van der Waals surface area contributed by atoms with Crippen LogP contribution in [-0.4, -0.2) is 23.3 Å². The summed E-state index contributed by atoms with van der Waals surface area (Å²) in [6.45, 7) is 4.63. The van der Waals surface area contributed by atoms with E-state index in [0.29, 0.717) is 12.1 Å². The van der Waals surface area contributed by atoms with Crippen LogP contribution in [0.3, 0.4) is 0 Å². The normalized spacial score (nSPS) is 13.5. The second-order valence-electron chi connectivity index (χ2n) is 7.46. The van der Waals surface area contributed by atoms with Crippen molar-refractivity contribution in [3.05, 3.63) is 70.6 Å². The third kappa shape index (κ3) is 5.53. The molecule has 2 N–H and O–H groups in total. The van der Waals surface area contributed by atoms with Gasteiger partial charge in [0, 0.05) is 24.0 Å². The van der Waals surface area contributed by atoms with Crippen molar-refractivity contribution in [3.63, 3.8) is 0 Å². The van der Waals surface area contributed by atoms with Crippen LogP contribution in [0.5, 0.6) is 0 Å². The number of anilines is 1. The highest BCUT2D eigenvalue weighted by Crippen LogP contribution is 2.22. The maximum absolute atomic E-state index is 12.7. The van der Waals surface area contributed by atoms with Gasteiger partial charge < -0.3 is 10.6 Å². The Balaban J connectivity index is 1.63. The van der Waals surface area contributed by atoms with Crippen LogP contribution in [0.2, 0.25) is 0 Å². The Morgan fingerprint density at radius 3 is 2.76 bits per heavy atom. The van der Waals surface area contributed by atoms with Crippen LogP contribution in [-0.2, 0) is 6.42 Å². The van der Waals surface area contributed by atoms with Crippen LogP contribution in [0, 0.1) is 6.92 Å². The second kappa shape index (κ2) is 10.0. The quantitative estimate of drug-likeness (QED) is 0.665. The Bertz CT molecular complexity index is 918. The molecule has 0 unspecified atom stereocenters. The minimum atomic E-state index is -0.309. The van der Waals surface area contributed by atoms with Crippen molar-refractivity contribution in [1.29, 1.82) is 0 Å². The Morgan fingerprint density at radius 2 is 2.00 bits per heavy atom. The van der Waals surface area contributed by atoms with Crippen molar-refractivity contribution in [3.8, 4) is 0 Å². The highest BCUT2D eigenvalue weighted by Gasteiger charge is 2.14. The molecule has 0 aliphatic heterocycles. The maximum atomic E-state index is 12.7. The summed E-state index contributed by atoms with van der Waals surface area (Å²) >= 11 is 0. The number of allylic oxidation sites excluding steroid dienone is 1. The molecule has 1 aliphatic rings. The fourth-order valence-electron chi connectivity index (χ4n) is 3.65. The number of carbonyl (C=O) groups is 2. The average Bonchev–Trinajstić information content (AvgIpc) is 2.75. The van der Waals surface area contributed by atoms with Crippen LogP contribution >= 0.6 is 0 Å². The van der Waals surface area contributed by atoms with Gasteiger partial charge in [-0.3, -0.25) is 14.6 Å². The van der Waals surface area contributed by atoms with E-state index in [0.717, 1.165) is 42.5 Å². The number of amides is 2. The molecule has 0 saturated carbocycles. The number of hydrogen-bond acceptors (Lipinski definition) is 3. The number of nitrogens with zero attached hydrogens (tertiary/aromatic N) is 1. The van der Waals surface area contributed by atoms with Gasteiger partial charge >= 0.3 is 0 Å². The molecule has 0 atom stereocenters. The molecule has 29 heavy (non-hydrogen) atoms. The van der Waals surface area contributed by atoms with Crippen molar-refractivity contribution in [1.82, 2.24) is 10.3 Å².